The van der Waals surface area contributed by atoms with Gasteiger partial charge in [-0.3, -0.25) is 10.6 Å². The second-order valence-electron chi connectivity index (χ2n) is 3.09. The van der Waals surface area contributed by atoms with Crippen LogP contribution in [0.3, 0.4) is 0 Å². The van der Waals surface area contributed by atoms with Crippen LogP contribution < -0.4 is 16.0 Å². The molecular formula is C6H15N3. The Balaban J connectivity index is 2.36. The van der Waals surface area contributed by atoms with E-state index in [0.29, 0.717) is 0 Å². The highest BCUT2D eigenvalue weighted by atomic mass is 15.2. The van der Waals surface area contributed by atoms with Gasteiger partial charge in [-0.15, -0.1) is 0 Å². The number of hydrogen-bond acceptors (Lipinski definition) is 3. The van der Waals surface area contributed by atoms with Crippen LogP contribution in [0.5, 0.6) is 0 Å². The van der Waals surface area contributed by atoms with E-state index < -0.39 is 0 Å². The molecule has 0 radical (unpaired) electrons. The van der Waals surface area contributed by atoms with Crippen molar-refractivity contribution in [3.63, 3.8) is 0 Å². The van der Waals surface area contributed by atoms with E-state index in [2.05, 4.69) is 29.8 Å². The molecule has 0 atom stereocenters. The minimum atomic E-state index is 0.240. The molecule has 0 aromatic carbocycles. The molecule has 0 aromatic heterocycles. The molecule has 3 N–H and O–H groups in total. The molecule has 0 amide bonds. The molecule has 0 saturated carbocycles. The Kier molecular flexibility index (Phi) is 2.05. The van der Waals surface area contributed by atoms with E-state index in [9.17, 15) is 0 Å². The summed E-state index contributed by atoms with van der Waals surface area (Å²) in [5.74, 6) is 0. The number of rotatable bonds is 0. The van der Waals surface area contributed by atoms with E-state index in [4.69, 9.17) is 0 Å². The van der Waals surface area contributed by atoms with Crippen LogP contribution in [0, 0.1) is 0 Å². The smallest absolute Gasteiger partial charge is 0.0469 e. The predicted octanol–water partition coefficient (Wildman–Crippen LogP) is -0.538. The fraction of sp³-hybridized carbons (Fsp3) is 1.00. The van der Waals surface area contributed by atoms with Gasteiger partial charge in [0.1, 0.15) is 0 Å². The molecule has 0 bridgehead atoms. The molecule has 1 heterocycles. The topological polar surface area (TPSA) is 36.1 Å². The summed E-state index contributed by atoms with van der Waals surface area (Å²) in [4.78, 5) is 0. The Morgan fingerprint density at radius 3 is 2.67 bits per heavy atom. The molecule has 3 nitrogen and oxygen atoms in total. The minimum Gasteiger partial charge on any atom is -0.303 e. The summed E-state index contributed by atoms with van der Waals surface area (Å²) < 4.78 is 0. The van der Waals surface area contributed by atoms with Gasteiger partial charge in [0, 0.05) is 25.4 Å². The van der Waals surface area contributed by atoms with Crippen molar-refractivity contribution in [2.45, 2.75) is 19.4 Å². The van der Waals surface area contributed by atoms with Gasteiger partial charge in [0.15, 0.2) is 0 Å². The molecule has 1 aliphatic heterocycles. The van der Waals surface area contributed by atoms with Crippen LogP contribution in [-0.4, -0.2) is 25.4 Å². The van der Waals surface area contributed by atoms with Crippen molar-refractivity contribution in [2.24, 2.45) is 0 Å². The zero-order chi connectivity index (χ0) is 6.74. The van der Waals surface area contributed by atoms with Crippen molar-refractivity contribution in [3.8, 4) is 0 Å². The normalized spacial score (nSPS) is 27.3. The summed E-state index contributed by atoms with van der Waals surface area (Å²) in [6.45, 7) is 7.22. The SMILES string of the molecule is CC1(C)CNCNCN1. The lowest BCUT2D eigenvalue weighted by Gasteiger charge is -2.22. The number of nitrogens with one attached hydrogen (secondary N) is 3. The Labute approximate surface area is 56.2 Å². The van der Waals surface area contributed by atoms with Crippen LogP contribution in [0.4, 0.5) is 0 Å². The highest BCUT2D eigenvalue weighted by Gasteiger charge is 2.17. The zero-order valence-corrected chi connectivity index (χ0v) is 6.12. The van der Waals surface area contributed by atoms with E-state index in [-0.39, 0.29) is 5.54 Å². The first-order chi connectivity index (χ1) is 4.21. The zero-order valence-electron chi connectivity index (χ0n) is 6.12. The lowest BCUT2D eigenvalue weighted by molar-refractivity contribution is 0.399. The summed E-state index contributed by atoms with van der Waals surface area (Å²) in [5, 5.41) is 9.79. The molecule has 1 aliphatic rings. The first-order valence-electron chi connectivity index (χ1n) is 3.37. The molecule has 1 fully saturated rings. The summed E-state index contributed by atoms with van der Waals surface area (Å²) in [6.07, 6.45) is 0. The molecular weight excluding hydrogens is 114 g/mol. The average molecular weight is 129 g/mol. The van der Waals surface area contributed by atoms with Gasteiger partial charge in [-0.05, 0) is 13.8 Å². The third-order valence-electron chi connectivity index (χ3n) is 1.51. The lowest BCUT2D eigenvalue weighted by atomic mass is 10.1. The molecule has 3 heteroatoms. The maximum Gasteiger partial charge on any atom is 0.0469 e. The Morgan fingerprint density at radius 1 is 1.11 bits per heavy atom. The van der Waals surface area contributed by atoms with Crippen molar-refractivity contribution in [3.05, 3.63) is 0 Å². The van der Waals surface area contributed by atoms with Crippen molar-refractivity contribution in [2.75, 3.05) is 19.9 Å². The second-order valence-corrected chi connectivity index (χ2v) is 3.09. The van der Waals surface area contributed by atoms with Crippen LogP contribution >= 0.6 is 0 Å². The van der Waals surface area contributed by atoms with E-state index in [1.54, 1.807) is 0 Å². The van der Waals surface area contributed by atoms with Crippen LogP contribution in [0.1, 0.15) is 13.8 Å². The maximum atomic E-state index is 3.35. The predicted molar refractivity (Wildman–Crippen MR) is 38.1 cm³/mol. The van der Waals surface area contributed by atoms with Crippen molar-refractivity contribution in [1.29, 1.82) is 0 Å². The van der Waals surface area contributed by atoms with Crippen LogP contribution in [0.15, 0.2) is 0 Å². The summed E-state index contributed by atoms with van der Waals surface area (Å²) in [5.41, 5.74) is 0.240. The fourth-order valence-corrected chi connectivity index (χ4v) is 0.890. The lowest BCUT2D eigenvalue weighted by Crippen LogP contribution is -2.45. The first-order valence-corrected chi connectivity index (χ1v) is 3.37. The molecule has 54 valence electrons. The van der Waals surface area contributed by atoms with Crippen LogP contribution in [0.25, 0.3) is 0 Å². The molecule has 1 rings (SSSR count). The van der Waals surface area contributed by atoms with Gasteiger partial charge in [-0.25, -0.2) is 0 Å². The summed E-state index contributed by atoms with van der Waals surface area (Å²) >= 11 is 0. The van der Waals surface area contributed by atoms with Gasteiger partial charge < -0.3 is 5.32 Å². The molecule has 0 aliphatic carbocycles. The van der Waals surface area contributed by atoms with Gasteiger partial charge in [-0.1, -0.05) is 0 Å². The average Bonchev–Trinajstić information content (AvgIpc) is 1.92. The Bertz CT molecular complexity index is 80.3. The highest BCUT2D eigenvalue weighted by Crippen LogP contribution is 1.98. The van der Waals surface area contributed by atoms with Gasteiger partial charge in [-0.2, -0.15) is 0 Å². The third-order valence-corrected chi connectivity index (χ3v) is 1.51. The highest BCUT2D eigenvalue weighted by molar-refractivity contribution is 4.81. The monoisotopic (exact) mass is 129 g/mol. The fourth-order valence-electron chi connectivity index (χ4n) is 0.890. The van der Waals surface area contributed by atoms with Gasteiger partial charge in [0.25, 0.3) is 0 Å². The van der Waals surface area contributed by atoms with Gasteiger partial charge in [0.05, 0.1) is 0 Å². The summed E-state index contributed by atoms with van der Waals surface area (Å²) in [6, 6.07) is 0. The first kappa shape index (κ1) is 6.99. The molecule has 0 spiro atoms. The quantitative estimate of drug-likeness (QED) is 0.411. The van der Waals surface area contributed by atoms with Crippen molar-refractivity contribution >= 4 is 0 Å². The standard InChI is InChI=1S/C6H15N3/c1-6(2)3-7-4-8-5-9-6/h7-9H,3-5H2,1-2H3. The van der Waals surface area contributed by atoms with Crippen LogP contribution in [0.2, 0.25) is 0 Å². The largest absolute Gasteiger partial charge is 0.303 e. The van der Waals surface area contributed by atoms with E-state index in [0.717, 1.165) is 19.9 Å². The second kappa shape index (κ2) is 2.64. The van der Waals surface area contributed by atoms with Crippen molar-refractivity contribution < 1.29 is 0 Å². The van der Waals surface area contributed by atoms with Crippen LogP contribution in [-0.2, 0) is 0 Å². The van der Waals surface area contributed by atoms with E-state index in [1.807, 2.05) is 0 Å². The Hall–Kier alpha value is -0.120. The maximum absolute atomic E-state index is 3.35. The van der Waals surface area contributed by atoms with Gasteiger partial charge in [0.2, 0.25) is 0 Å². The molecule has 1 saturated heterocycles. The molecule has 0 aromatic rings. The number of hydrogen-bond donors (Lipinski definition) is 3. The van der Waals surface area contributed by atoms with Crippen molar-refractivity contribution in [1.82, 2.24) is 16.0 Å². The molecule has 9 heavy (non-hydrogen) atoms. The van der Waals surface area contributed by atoms with E-state index >= 15 is 0 Å². The van der Waals surface area contributed by atoms with E-state index in [1.165, 1.54) is 0 Å². The minimum absolute atomic E-state index is 0.240. The third kappa shape index (κ3) is 2.30. The molecule has 0 unspecified atom stereocenters. The summed E-state index contributed by atoms with van der Waals surface area (Å²) in [7, 11) is 0. The Morgan fingerprint density at radius 2 is 1.89 bits per heavy atom. The van der Waals surface area contributed by atoms with Gasteiger partial charge >= 0.3 is 0 Å².